The van der Waals surface area contributed by atoms with Gasteiger partial charge < -0.3 is 15.3 Å². The molecule has 7 heteroatoms. The van der Waals surface area contributed by atoms with Gasteiger partial charge >= 0.3 is 0 Å². The van der Waals surface area contributed by atoms with Crippen molar-refractivity contribution in [1.29, 1.82) is 0 Å². The van der Waals surface area contributed by atoms with Gasteiger partial charge in [0.05, 0.1) is 11.5 Å². The van der Waals surface area contributed by atoms with E-state index in [4.69, 9.17) is 0 Å². The molecule has 6 nitrogen and oxygen atoms in total. The number of sulfone groups is 1. The first-order chi connectivity index (χ1) is 9.44. The maximum atomic E-state index is 11.4. The van der Waals surface area contributed by atoms with Gasteiger partial charge in [0.2, 0.25) is 0 Å². The number of hydrogen-bond donors (Lipinski definition) is 2. The maximum absolute atomic E-state index is 11.4. The predicted molar refractivity (Wildman–Crippen MR) is 75.4 cm³/mol. The van der Waals surface area contributed by atoms with Crippen molar-refractivity contribution >= 4 is 15.7 Å². The third-order valence-corrected chi connectivity index (χ3v) is 5.57. The molecular formula is C13H19N3O3S. The zero-order chi connectivity index (χ0) is 14.4. The van der Waals surface area contributed by atoms with Crippen LogP contribution in [-0.2, 0) is 9.84 Å². The first-order valence-corrected chi connectivity index (χ1v) is 8.56. The minimum atomic E-state index is -3.21. The third kappa shape index (κ3) is 2.19. The van der Waals surface area contributed by atoms with Crippen LogP contribution in [0.15, 0.2) is 23.2 Å². The van der Waals surface area contributed by atoms with Crippen molar-refractivity contribution in [3.63, 3.8) is 0 Å². The van der Waals surface area contributed by atoms with Crippen LogP contribution in [0, 0.1) is 11.3 Å². The Hall–Kier alpha value is -1.18. The monoisotopic (exact) mass is 297 g/mol. The highest BCUT2D eigenvalue weighted by Crippen LogP contribution is 2.39. The lowest BCUT2D eigenvalue weighted by Gasteiger charge is -2.25. The van der Waals surface area contributed by atoms with Crippen molar-refractivity contribution in [3.05, 3.63) is 18.3 Å². The van der Waals surface area contributed by atoms with Crippen LogP contribution >= 0.6 is 0 Å². The van der Waals surface area contributed by atoms with E-state index in [-0.39, 0.29) is 16.9 Å². The quantitative estimate of drug-likeness (QED) is 0.783. The highest BCUT2D eigenvalue weighted by Gasteiger charge is 2.49. The summed E-state index contributed by atoms with van der Waals surface area (Å²) in [5.74, 6) is 1.20. The van der Waals surface area contributed by atoms with E-state index in [0.29, 0.717) is 5.92 Å². The Bertz CT molecular complexity index is 602. The topological polar surface area (TPSA) is 82.5 Å². The molecule has 0 aromatic carbocycles. The first kappa shape index (κ1) is 13.8. The Morgan fingerprint density at radius 3 is 2.90 bits per heavy atom. The van der Waals surface area contributed by atoms with Gasteiger partial charge in [-0.1, -0.05) is 0 Å². The number of aliphatic hydroxyl groups is 1. The van der Waals surface area contributed by atoms with Crippen LogP contribution in [0.2, 0.25) is 0 Å². The zero-order valence-corrected chi connectivity index (χ0v) is 12.2. The van der Waals surface area contributed by atoms with Crippen LogP contribution < -0.4 is 10.2 Å². The van der Waals surface area contributed by atoms with E-state index in [1.54, 1.807) is 12.1 Å². The SMILES string of the molecule is CS(=O)(=O)c1ccc(N2CC3CNCC3(CO)C2)nc1. The van der Waals surface area contributed by atoms with Crippen LogP contribution in [0.1, 0.15) is 0 Å². The van der Waals surface area contributed by atoms with E-state index in [2.05, 4.69) is 15.2 Å². The number of nitrogens with zero attached hydrogens (tertiary/aromatic N) is 2. The molecule has 110 valence electrons. The number of hydrogen-bond acceptors (Lipinski definition) is 6. The van der Waals surface area contributed by atoms with Crippen LogP contribution in [0.4, 0.5) is 5.82 Å². The van der Waals surface area contributed by atoms with E-state index in [1.165, 1.54) is 12.5 Å². The number of fused-ring (bicyclic) bond motifs is 1. The molecule has 2 N–H and O–H groups in total. The molecule has 2 saturated heterocycles. The molecule has 0 saturated carbocycles. The molecule has 3 heterocycles. The Labute approximate surface area is 118 Å². The summed E-state index contributed by atoms with van der Waals surface area (Å²) >= 11 is 0. The molecule has 0 aliphatic carbocycles. The summed E-state index contributed by atoms with van der Waals surface area (Å²) in [4.78, 5) is 6.63. The van der Waals surface area contributed by atoms with Gasteiger partial charge in [-0.2, -0.15) is 0 Å². The highest BCUT2D eigenvalue weighted by molar-refractivity contribution is 7.90. The number of anilines is 1. The van der Waals surface area contributed by atoms with Crippen molar-refractivity contribution in [2.24, 2.45) is 11.3 Å². The van der Waals surface area contributed by atoms with E-state index in [1.807, 2.05) is 0 Å². The molecule has 0 spiro atoms. The van der Waals surface area contributed by atoms with E-state index in [0.717, 1.165) is 32.0 Å². The largest absolute Gasteiger partial charge is 0.396 e. The van der Waals surface area contributed by atoms with Crippen molar-refractivity contribution in [2.75, 3.05) is 43.9 Å². The molecule has 1 aromatic rings. The Balaban J connectivity index is 1.82. The second kappa shape index (κ2) is 4.68. The fraction of sp³-hybridized carbons (Fsp3) is 0.615. The summed E-state index contributed by atoms with van der Waals surface area (Å²) in [6.45, 7) is 3.51. The molecule has 20 heavy (non-hydrogen) atoms. The zero-order valence-electron chi connectivity index (χ0n) is 11.4. The molecule has 2 unspecified atom stereocenters. The van der Waals surface area contributed by atoms with Gasteiger partial charge in [-0.3, -0.25) is 0 Å². The highest BCUT2D eigenvalue weighted by atomic mass is 32.2. The lowest BCUT2D eigenvalue weighted by Crippen LogP contribution is -2.36. The predicted octanol–water partition coefficient (Wildman–Crippen LogP) is -0.497. The molecular weight excluding hydrogens is 278 g/mol. The van der Waals surface area contributed by atoms with Crippen LogP contribution in [0.3, 0.4) is 0 Å². The van der Waals surface area contributed by atoms with Crippen molar-refractivity contribution in [1.82, 2.24) is 10.3 Å². The third-order valence-electron chi connectivity index (χ3n) is 4.47. The summed E-state index contributed by atoms with van der Waals surface area (Å²) in [5.41, 5.74) is -0.0861. The summed E-state index contributed by atoms with van der Waals surface area (Å²) in [7, 11) is -3.21. The van der Waals surface area contributed by atoms with Crippen molar-refractivity contribution < 1.29 is 13.5 Å². The fourth-order valence-corrected chi connectivity index (χ4v) is 3.76. The molecule has 1 aromatic heterocycles. The van der Waals surface area contributed by atoms with E-state index < -0.39 is 9.84 Å². The standard InChI is InChI=1S/C13H19N3O3S/c1-20(18,19)11-2-3-12(15-5-11)16-6-10-4-14-7-13(10,8-16)9-17/h2-3,5,10,14,17H,4,6-9H2,1H3. The van der Waals surface area contributed by atoms with Crippen LogP contribution in [-0.4, -0.2) is 57.5 Å². The molecule has 0 bridgehead atoms. The first-order valence-electron chi connectivity index (χ1n) is 6.67. The average Bonchev–Trinajstić information content (AvgIpc) is 2.94. The van der Waals surface area contributed by atoms with Gasteiger partial charge in [0.1, 0.15) is 5.82 Å². The molecule has 2 fully saturated rings. The fourth-order valence-electron chi connectivity index (χ4n) is 3.20. The summed E-state index contributed by atoms with van der Waals surface area (Å²) in [5, 5.41) is 13.0. The van der Waals surface area contributed by atoms with Gasteiger partial charge in [0.15, 0.2) is 9.84 Å². The van der Waals surface area contributed by atoms with Crippen LogP contribution in [0.5, 0.6) is 0 Å². The van der Waals surface area contributed by atoms with Gasteiger partial charge in [-0.05, 0) is 18.1 Å². The van der Waals surface area contributed by atoms with Gasteiger partial charge in [-0.25, -0.2) is 13.4 Å². The molecule has 2 aliphatic rings. The van der Waals surface area contributed by atoms with Gasteiger partial charge in [0, 0.05) is 44.0 Å². The molecule has 3 rings (SSSR count). The Morgan fingerprint density at radius 2 is 2.35 bits per heavy atom. The lowest BCUT2D eigenvalue weighted by atomic mass is 9.82. The smallest absolute Gasteiger partial charge is 0.177 e. The summed E-state index contributed by atoms with van der Waals surface area (Å²) < 4.78 is 22.9. The van der Waals surface area contributed by atoms with Crippen molar-refractivity contribution in [3.8, 4) is 0 Å². The maximum Gasteiger partial charge on any atom is 0.177 e. The molecule has 0 radical (unpaired) electrons. The Morgan fingerprint density at radius 1 is 1.55 bits per heavy atom. The average molecular weight is 297 g/mol. The summed E-state index contributed by atoms with van der Waals surface area (Å²) in [6.07, 6.45) is 2.58. The van der Waals surface area contributed by atoms with Crippen LogP contribution in [0.25, 0.3) is 0 Å². The number of aromatic nitrogens is 1. The van der Waals surface area contributed by atoms with Crippen molar-refractivity contribution in [2.45, 2.75) is 4.90 Å². The van der Waals surface area contributed by atoms with Gasteiger partial charge in [0.25, 0.3) is 0 Å². The number of aliphatic hydroxyl groups excluding tert-OH is 1. The number of rotatable bonds is 3. The minimum Gasteiger partial charge on any atom is -0.396 e. The van der Waals surface area contributed by atoms with E-state index in [9.17, 15) is 13.5 Å². The Kier molecular flexibility index (Phi) is 3.23. The summed E-state index contributed by atoms with van der Waals surface area (Å²) in [6, 6.07) is 3.34. The van der Waals surface area contributed by atoms with Gasteiger partial charge in [-0.15, -0.1) is 0 Å². The minimum absolute atomic E-state index is 0.0861. The van der Waals surface area contributed by atoms with E-state index >= 15 is 0 Å². The number of pyridine rings is 1. The molecule has 0 amide bonds. The second-order valence-corrected chi connectivity index (χ2v) is 7.87. The number of nitrogens with one attached hydrogen (secondary N) is 1. The lowest BCUT2D eigenvalue weighted by molar-refractivity contribution is 0.135. The molecule has 2 atom stereocenters. The second-order valence-electron chi connectivity index (χ2n) is 5.85. The normalized spacial score (nSPS) is 29.7. The molecule has 2 aliphatic heterocycles.